The maximum absolute atomic E-state index is 3.65. The van der Waals surface area contributed by atoms with Gasteiger partial charge in [-0.25, -0.2) is 0 Å². The van der Waals surface area contributed by atoms with Crippen LogP contribution in [0.1, 0.15) is 24.5 Å². The highest BCUT2D eigenvalue weighted by Gasteiger charge is 2.25. The summed E-state index contributed by atoms with van der Waals surface area (Å²) in [6.07, 6.45) is 3.79. The normalized spacial score (nSPS) is 28.9. The number of rotatable bonds is 2. The molecule has 98 valence electrons. The molecular weight excluding hydrogens is 220 g/mol. The number of benzene rings is 1. The Morgan fingerprint density at radius 2 is 1.83 bits per heavy atom. The van der Waals surface area contributed by atoms with Gasteiger partial charge in [0.25, 0.3) is 0 Å². The highest BCUT2D eigenvalue weighted by atomic mass is 15.2. The fraction of sp³-hybridized carbons (Fsp3) is 0.625. The Kier molecular flexibility index (Phi) is 3.67. The van der Waals surface area contributed by atoms with Gasteiger partial charge in [-0.2, -0.15) is 0 Å². The summed E-state index contributed by atoms with van der Waals surface area (Å²) in [4.78, 5) is 2.65. The molecule has 1 saturated heterocycles. The molecule has 18 heavy (non-hydrogen) atoms. The summed E-state index contributed by atoms with van der Waals surface area (Å²) >= 11 is 0. The summed E-state index contributed by atoms with van der Waals surface area (Å²) in [5, 5.41) is 3.65. The smallest absolute Gasteiger partial charge is 0.0221 e. The summed E-state index contributed by atoms with van der Waals surface area (Å²) in [5.41, 5.74) is 3.12. The second kappa shape index (κ2) is 5.41. The van der Waals surface area contributed by atoms with Crippen molar-refractivity contribution in [1.29, 1.82) is 0 Å². The van der Waals surface area contributed by atoms with E-state index in [1.54, 1.807) is 11.1 Å². The molecule has 1 aromatic carbocycles. The number of nitrogens with zero attached hydrogens (tertiary/aromatic N) is 1. The summed E-state index contributed by atoms with van der Waals surface area (Å²) < 4.78 is 0. The molecule has 0 radical (unpaired) electrons. The summed E-state index contributed by atoms with van der Waals surface area (Å²) in [5.74, 6) is 0.843. The van der Waals surface area contributed by atoms with Crippen LogP contribution in [-0.4, -0.2) is 37.1 Å². The van der Waals surface area contributed by atoms with Crippen LogP contribution in [0.25, 0.3) is 0 Å². The van der Waals surface area contributed by atoms with Crippen LogP contribution in [0.2, 0.25) is 0 Å². The van der Waals surface area contributed by atoms with E-state index in [1.165, 1.54) is 45.4 Å². The van der Waals surface area contributed by atoms with Gasteiger partial charge in [-0.3, -0.25) is 0 Å². The first-order chi connectivity index (χ1) is 8.83. The number of fused-ring (bicyclic) bond motifs is 1. The highest BCUT2D eigenvalue weighted by molar-refractivity contribution is 5.28. The van der Waals surface area contributed by atoms with Gasteiger partial charge in [-0.15, -0.1) is 0 Å². The van der Waals surface area contributed by atoms with Crippen LogP contribution >= 0.6 is 0 Å². The third kappa shape index (κ3) is 2.60. The first-order valence-corrected chi connectivity index (χ1v) is 7.35. The maximum Gasteiger partial charge on any atom is 0.0221 e. The zero-order valence-electron chi connectivity index (χ0n) is 11.4. The Hall–Kier alpha value is -0.860. The van der Waals surface area contributed by atoms with Gasteiger partial charge in [-0.1, -0.05) is 31.2 Å². The Balaban J connectivity index is 1.61. The molecule has 2 heteroatoms. The summed E-state index contributed by atoms with van der Waals surface area (Å²) in [7, 11) is 0. The highest BCUT2D eigenvalue weighted by Crippen LogP contribution is 2.19. The first kappa shape index (κ1) is 12.2. The maximum atomic E-state index is 3.65. The molecule has 2 nitrogen and oxygen atoms in total. The lowest BCUT2D eigenvalue weighted by Gasteiger charge is -2.26. The molecule has 0 aromatic heterocycles. The van der Waals surface area contributed by atoms with E-state index in [9.17, 15) is 0 Å². The Labute approximate surface area is 110 Å². The van der Waals surface area contributed by atoms with Gasteiger partial charge in [0.1, 0.15) is 0 Å². The van der Waals surface area contributed by atoms with Crippen molar-refractivity contribution in [1.82, 2.24) is 10.2 Å². The largest absolute Gasteiger partial charge is 0.312 e. The van der Waals surface area contributed by atoms with Crippen molar-refractivity contribution in [3.8, 4) is 0 Å². The molecule has 2 atom stereocenters. The molecule has 0 aliphatic carbocycles. The van der Waals surface area contributed by atoms with Gasteiger partial charge in [0, 0.05) is 25.7 Å². The number of hydrogen-bond acceptors (Lipinski definition) is 2. The lowest BCUT2D eigenvalue weighted by molar-refractivity contribution is 0.243. The van der Waals surface area contributed by atoms with Crippen LogP contribution in [0.5, 0.6) is 0 Å². The van der Waals surface area contributed by atoms with Gasteiger partial charge >= 0.3 is 0 Å². The predicted molar refractivity (Wildman–Crippen MR) is 75.9 cm³/mol. The Morgan fingerprint density at radius 1 is 1.17 bits per heavy atom. The van der Waals surface area contributed by atoms with Gasteiger partial charge in [0.05, 0.1) is 0 Å². The van der Waals surface area contributed by atoms with E-state index in [1.807, 2.05) is 0 Å². The zero-order valence-corrected chi connectivity index (χ0v) is 11.4. The fourth-order valence-corrected chi connectivity index (χ4v) is 3.32. The molecule has 3 rings (SSSR count). The van der Waals surface area contributed by atoms with Crippen molar-refractivity contribution in [3.05, 3.63) is 35.4 Å². The molecule has 2 aliphatic rings. The molecule has 2 heterocycles. The van der Waals surface area contributed by atoms with E-state index < -0.39 is 0 Å². The lowest BCUT2D eigenvalue weighted by atomic mass is 10.0. The molecule has 0 bridgehead atoms. The van der Waals surface area contributed by atoms with E-state index in [-0.39, 0.29) is 0 Å². The molecule has 2 unspecified atom stereocenters. The van der Waals surface area contributed by atoms with Crippen LogP contribution in [0.15, 0.2) is 24.3 Å². The molecule has 2 aliphatic heterocycles. The van der Waals surface area contributed by atoms with Crippen molar-refractivity contribution >= 4 is 0 Å². The van der Waals surface area contributed by atoms with Crippen molar-refractivity contribution in [3.63, 3.8) is 0 Å². The van der Waals surface area contributed by atoms with Gasteiger partial charge in [-0.05, 0) is 42.9 Å². The van der Waals surface area contributed by atoms with E-state index in [4.69, 9.17) is 0 Å². The molecule has 1 fully saturated rings. The summed E-state index contributed by atoms with van der Waals surface area (Å²) in [6.45, 7) is 7.27. The molecule has 1 N–H and O–H groups in total. The lowest BCUT2D eigenvalue weighted by Crippen LogP contribution is -2.41. The molecule has 0 spiro atoms. The monoisotopic (exact) mass is 244 g/mol. The Morgan fingerprint density at radius 3 is 2.39 bits per heavy atom. The van der Waals surface area contributed by atoms with Crippen molar-refractivity contribution in [2.45, 2.75) is 32.2 Å². The van der Waals surface area contributed by atoms with Crippen molar-refractivity contribution in [2.24, 2.45) is 5.92 Å². The van der Waals surface area contributed by atoms with Crippen LogP contribution < -0.4 is 5.32 Å². The zero-order chi connectivity index (χ0) is 12.4. The minimum atomic E-state index is 0.714. The molecule has 0 amide bonds. The predicted octanol–water partition coefficient (Wildman–Crippen LogP) is 2.09. The van der Waals surface area contributed by atoms with E-state index in [0.29, 0.717) is 6.04 Å². The topological polar surface area (TPSA) is 15.3 Å². The molecular formula is C16H24N2. The van der Waals surface area contributed by atoms with E-state index in [0.717, 1.165) is 5.92 Å². The number of nitrogens with one attached hydrogen (secondary N) is 1. The second-order valence-corrected chi connectivity index (χ2v) is 5.90. The van der Waals surface area contributed by atoms with Crippen molar-refractivity contribution < 1.29 is 0 Å². The second-order valence-electron chi connectivity index (χ2n) is 5.90. The van der Waals surface area contributed by atoms with E-state index >= 15 is 0 Å². The minimum absolute atomic E-state index is 0.714. The third-order valence-corrected chi connectivity index (χ3v) is 4.66. The average Bonchev–Trinajstić information content (AvgIpc) is 2.68. The quantitative estimate of drug-likeness (QED) is 0.857. The minimum Gasteiger partial charge on any atom is -0.312 e. The van der Waals surface area contributed by atoms with Crippen molar-refractivity contribution in [2.75, 3.05) is 26.2 Å². The van der Waals surface area contributed by atoms with Gasteiger partial charge in [0.15, 0.2) is 0 Å². The van der Waals surface area contributed by atoms with E-state index in [2.05, 4.69) is 41.4 Å². The summed E-state index contributed by atoms with van der Waals surface area (Å²) in [6, 6.07) is 9.67. The fourth-order valence-electron chi connectivity index (χ4n) is 3.32. The molecule has 1 aromatic rings. The Bertz CT molecular complexity index is 375. The average molecular weight is 244 g/mol. The number of hydrogen-bond donors (Lipinski definition) is 1. The molecule has 0 saturated carbocycles. The van der Waals surface area contributed by atoms with Crippen LogP contribution in [-0.2, 0) is 12.8 Å². The van der Waals surface area contributed by atoms with Gasteiger partial charge < -0.3 is 10.2 Å². The standard InChI is InChI=1S/C16H24N2/c1-13-6-9-17-16(13)12-18-10-7-14-4-2-3-5-15(14)8-11-18/h2-5,13,16-17H,6-12H2,1H3. The first-order valence-electron chi connectivity index (χ1n) is 7.35. The van der Waals surface area contributed by atoms with Crippen LogP contribution in [0.4, 0.5) is 0 Å². The van der Waals surface area contributed by atoms with Crippen LogP contribution in [0, 0.1) is 5.92 Å². The van der Waals surface area contributed by atoms with Crippen LogP contribution in [0.3, 0.4) is 0 Å². The SMILES string of the molecule is CC1CCNC1CN1CCc2ccccc2CC1. The third-order valence-electron chi connectivity index (χ3n) is 4.66. The van der Waals surface area contributed by atoms with Gasteiger partial charge in [0.2, 0.25) is 0 Å².